The molecule has 0 saturated carbocycles. The molecular formula is C12H15ClO. The van der Waals surface area contributed by atoms with Crippen molar-refractivity contribution in [1.82, 2.24) is 0 Å². The molecule has 1 aromatic rings. The van der Waals surface area contributed by atoms with E-state index in [0.29, 0.717) is 5.02 Å². The molecule has 0 aliphatic heterocycles. The number of benzene rings is 1. The first-order valence-electron chi connectivity index (χ1n) is 4.59. The van der Waals surface area contributed by atoms with Crippen molar-refractivity contribution >= 4 is 11.6 Å². The van der Waals surface area contributed by atoms with Gasteiger partial charge in [0.05, 0.1) is 5.60 Å². The van der Waals surface area contributed by atoms with E-state index in [1.165, 1.54) is 0 Å². The van der Waals surface area contributed by atoms with Crippen LogP contribution in [0.4, 0.5) is 0 Å². The summed E-state index contributed by atoms with van der Waals surface area (Å²) in [7, 11) is 0. The van der Waals surface area contributed by atoms with Gasteiger partial charge in [-0.3, -0.25) is 0 Å². The molecule has 76 valence electrons. The van der Waals surface area contributed by atoms with Crippen LogP contribution in [0.3, 0.4) is 0 Å². The average molecular weight is 211 g/mol. The van der Waals surface area contributed by atoms with Gasteiger partial charge >= 0.3 is 0 Å². The maximum atomic E-state index is 10.2. The van der Waals surface area contributed by atoms with Crippen molar-refractivity contribution in [1.29, 1.82) is 0 Å². The summed E-state index contributed by atoms with van der Waals surface area (Å²) in [6, 6.07) is 7.23. The molecule has 1 nitrogen and oxygen atoms in total. The van der Waals surface area contributed by atoms with E-state index in [-0.39, 0.29) is 5.92 Å². The van der Waals surface area contributed by atoms with Gasteiger partial charge in [0.2, 0.25) is 0 Å². The van der Waals surface area contributed by atoms with Crippen LogP contribution >= 0.6 is 11.6 Å². The summed E-state index contributed by atoms with van der Waals surface area (Å²) in [5, 5.41) is 10.9. The van der Waals surface area contributed by atoms with Crippen molar-refractivity contribution in [3.05, 3.63) is 47.5 Å². The minimum absolute atomic E-state index is 0.00340. The minimum Gasteiger partial charge on any atom is -0.385 e. The molecular weight excluding hydrogens is 196 g/mol. The topological polar surface area (TPSA) is 20.2 Å². The number of hydrogen-bond donors (Lipinski definition) is 1. The molecule has 0 fully saturated rings. The zero-order valence-electron chi connectivity index (χ0n) is 8.50. The van der Waals surface area contributed by atoms with Crippen molar-refractivity contribution < 1.29 is 5.11 Å². The molecule has 0 aromatic heterocycles. The Balaban J connectivity index is 3.03. The van der Waals surface area contributed by atoms with Crippen LogP contribution in [0.25, 0.3) is 0 Å². The third-order valence-electron chi connectivity index (χ3n) is 2.67. The molecule has 1 N–H and O–H groups in total. The highest BCUT2D eigenvalue weighted by Crippen LogP contribution is 2.30. The van der Waals surface area contributed by atoms with Crippen molar-refractivity contribution in [3.8, 4) is 0 Å². The molecule has 2 heteroatoms. The molecule has 0 spiro atoms. The lowest BCUT2D eigenvalue weighted by Gasteiger charge is -2.28. The molecule has 2 atom stereocenters. The average Bonchev–Trinajstić information content (AvgIpc) is 2.17. The molecule has 0 unspecified atom stereocenters. The fourth-order valence-corrected chi connectivity index (χ4v) is 1.41. The van der Waals surface area contributed by atoms with Gasteiger partial charge in [0, 0.05) is 10.9 Å². The van der Waals surface area contributed by atoms with Gasteiger partial charge in [-0.05, 0) is 24.6 Å². The van der Waals surface area contributed by atoms with E-state index >= 15 is 0 Å². The summed E-state index contributed by atoms with van der Waals surface area (Å²) in [5.41, 5.74) is -0.0268. The smallest absolute Gasteiger partial charge is 0.0928 e. The van der Waals surface area contributed by atoms with Crippen LogP contribution < -0.4 is 0 Å². The first-order valence-corrected chi connectivity index (χ1v) is 4.97. The third kappa shape index (κ3) is 2.17. The normalized spacial score (nSPS) is 17.1. The molecule has 0 amide bonds. The third-order valence-corrected chi connectivity index (χ3v) is 2.92. The Kier molecular flexibility index (Phi) is 3.35. The molecule has 14 heavy (non-hydrogen) atoms. The minimum atomic E-state index is -0.883. The Morgan fingerprint density at radius 2 is 1.93 bits per heavy atom. The van der Waals surface area contributed by atoms with Crippen LogP contribution in [0.1, 0.15) is 19.4 Å². The lowest BCUT2D eigenvalue weighted by Crippen LogP contribution is -2.28. The monoisotopic (exact) mass is 210 g/mol. The van der Waals surface area contributed by atoms with Gasteiger partial charge < -0.3 is 5.11 Å². The van der Waals surface area contributed by atoms with Crippen molar-refractivity contribution in [2.24, 2.45) is 5.92 Å². The van der Waals surface area contributed by atoms with Crippen LogP contribution in [0.15, 0.2) is 36.9 Å². The van der Waals surface area contributed by atoms with E-state index in [4.69, 9.17) is 11.6 Å². The molecule has 0 saturated heterocycles. The van der Waals surface area contributed by atoms with E-state index in [9.17, 15) is 5.11 Å². The summed E-state index contributed by atoms with van der Waals surface area (Å²) < 4.78 is 0. The highest BCUT2D eigenvalue weighted by atomic mass is 35.5. The number of halogens is 1. The fraction of sp³-hybridized carbons (Fsp3) is 0.333. The SMILES string of the molecule is C=C[C@@H](C)[C@@](C)(O)c1ccc(Cl)cc1. The summed E-state index contributed by atoms with van der Waals surface area (Å²) in [6.45, 7) is 7.40. The summed E-state index contributed by atoms with van der Waals surface area (Å²) >= 11 is 5.77. The molecule has 1 aromatic carbocycles. The predicted octanol–water partition coefficient (Wildman–Crippen LogP) is 3.37. The lowest BCUT2D eigenvalue weighted by atomic mass is 9.84. The van der Waals surface area contributed by atoms with E-state index in [1.807, 2.05) is 19.1 Å². The van der Waals surface area contributed by atoms with Gasteiger partial charge in [0.1, 0.15) is 0 Å². The van der Waals surface area contributed by atoms with Gasteiger partial charge in [-0.1, -0.05) is 36.7 Å². The Labute approximate surface area is 90.0 Å². The summed E-state index contributed by atoms with van der Waals surface area (Å²) in [4.78, 5) is 0. The number of rotatable bonds is 3. The van der Waals surface area contributed by atoms with Crippen LogP contribution in [0.5, 0.6) is 0 Å². The first-order chi connectivity index (χ1) is 6.48. The molecule has 0 bridgehead atoms. The van der Waals surface area contributed by atoms with Crippen molar-refractivity contribution in [3.63, 3.8) is 0 Å². The second-order valence-electron chi connectivity index (χ2n) is 3.68. The molecule has 0 aliphatic carbocycles. The zero-order valence-corrected chi connectivity index (χ0v) is 9.25. The Hall–Kier alpha value is -0.790. The Morgan fingerprint density at radius 3 is 2.36 bits per heavy atom. The predicted molar refractivity (Wildman–Crippen MR) is 60.4 cm³/mol. The summed E-state index contributed by atoms with van der Waals surface area (Å²) in [5.74, 6) is 0.00340. The van der Waals surface area contributed by atoms with Crippen molar-refractivity contribution in [2.45, 2.75) is 19.4 Å². The highest BCUT2D eigenvalue weighted by molar-refractivity contribution is 6.30. The van der Waals surface area contributed by atoms with Gasteiger partial charge in [-0.25, -0.2) is 0 Å². The Bertz CT molecular complexity index is 314. The highest BCUT2D eigenvalue weighted by Gasteiger charge is 2.27. The maximum Gasteiger partial charge on any atom is 0.0928 e. The number of aliphatic hydroxyl groups is 1. The van der Waals surface area contributed by atoms with Gasteiger partial charge in [-0.2, -0.15) is 0 Å². The standard InChI is InChI=1S/C12H15ClO/c1-4-9(2)12(3,14)10-5-7-11(13)8-6-10/h4-9,14H,1H2,2-3H3/t9-,12-/m1/s1. The Morgan fingerprint density at radius 1 is 1.43 bits per heavy atom. The van der Waals surface area contributed by atoms with E-state index in [2.05, 4.69) is 6.58 Å². The molecule has 0 aliphatic rings. The van der Waals surface area contributed by atoms with Crippen LogP contribution in [0.2, 0.25) is 5.02 Å². The van der Waals surface area contributed by atoms with Gasteiger partial charge in [0.25, 0.3) is 0 Å². The van der Waals surface area contributed by atoms with E-state index < -0.39 is 5.60 Å². The van der Waals surface area contributed by atoms with E-state index in [1.54, 1.807) is 25.1 Å². The second-order valence-corrected chi connectivity index (χ2v) is 4.12. The van der Waals surface area contributed by atoms with Crippen LogP contribution in [0, 0.1) is 5.92 Å². The molecule has 1 rings (SSSR count). The molecule has 0 heterocycles. The first kappa shape index (κ1) is 11.3. The van der Waals surface area contributed by atoms with Gasteiger partial charge in [-0.15, -0.1) is 6.58 Å². The summed E-state index contributed by atoms with van der Waals surface area (Å²) in [6.07, 6.45) is 1.74. The van der Waals surface area contributed by atoms with E-state index in [0.717, 1.165) is 5.56 Å². The van der Waals surface area contributed by atoms with Crippen LogP contribution in [-0.4, -0.2) is 5.11 Å². The second kappa shape index (κ2) is 4.16. The van der Waals surface area contributed by atoms with Crippen molar-refractivity contribution in [2.75, 3.05) is 0 Å². The molecule has 0 radical (unpaired) electrons. The zero-order chi connectivity index (χ0) is 10.8. The number of hydrogen-bond acceptors (Lipinski definition) is 1. The largest absolute Gasteiger partial charge is 0.385 e. The quantitative estimate of drug-likeness (QED) is 0.759. The van der Waals surface area contributed by atoms with Crippen LogP contribution in [-0.2, 0) is 5.60 Å². The fourth-order valence-electron chi connectivity index (χ4n) is 1.28. The lowest BCUT2D eigenvalue weighted by molar-refractivity contribution is 0.0205. The van der Waals surface area contributed by atoms with Gasteiger partial charge in [0.15, 0.2) is 0 Å². The maximum absolute atomic E-state index is 10.2.